The molecule has 9 nitrogen and oxygen atoms in total. The zero-order valence-corrected chi connectivity index (χ0v) is 18.3. The zero-order valence-electron chi connectivity index (χ0n) is 18.3. The highest BCUT2D eigenvalue weighted by Crippen LogP contribution is 2.36. The van der Waals surface area contributed by atoms with Gasteiger partial charge in [-0.2, -0.15) is 0 Å². The number of rotatable bonds is 1. The lowest BCUT2D eigenvalue weighted by Gasteiger charge is -2.36. The van der Waals surface area contributed by atoms with Gasteiger partial charge in [0.05, 0.1) is 24.4 Å². The number of aromatic nitrogens is 4. The summed E-state index contributed by atoms with van der Waals surface area (Å²) in [6, 6.07) is 3.92. The van der Waals surface area contributed by atoms with Crippen molar-refractivity contribution in [3.05, 3.63) is 36.5 Å². The van der Waals surface area contributed by atoms with E-state index in [-0.39, 0.29) is 18.0 Å². The van der Waals surface area contributed by atoms with E-state index in [4.69, 9.17) is 9.72 Å². The molecular formula is C23H27N7O2. The number of piperidine rings is 1. The number of benzene rings is 1. The van der Waals surface area contributed by atoms with Crippen LogP contribution in [0.15, 0.2) is 30.7 Å². The maximum absolute atomic E-state index is 12.7. The summed E-state index contributed by atoms with van der Waals surface area (Å²) in [6.45, 7) is 3.72. The van der Waals surface area contributed by atoms with Crippen LogP contribution in [0.3, 0.4) is 0 Å². The Labute approximate surface area is 186 Å². The third kappa shape index (κ3) is 4.08. The van der Waals surface area contributed by atoms with Crippen LogP contribution in [0.2, 0.25) is 0 Å². The molecular weight excluding hydrogens is 406 g/mol. The molecule has 3 aromatic rings. The Kier molecular flexibility index (Phi) is 5.57. The largest absolute Gasteiger partial charge is 0.491 e. The molecule has 5 rings (SSSR count). The van der Waals surface area contributed by atoms with Gasteiger partial charge in [-0.05, 0) is 45.4 Å². The van der Waals surface area contributed by atoms with Crippen LogP contribution < -0.4 is 15.4 Å². The molecule has 1 amide bonds. The zero-order chi connectivity index (χ0) is 22.1. The Hall–Kier alpha value is -3.33. The molecule has 0 spiro atoms. The molecule has 1 aromatic carbocycles. The van der Waals surface area contributed by atoms with Gasteiger partial charge in [-0.15, -0.1) is 0 Å². The lowest BCUT2D eigenvalue weighted by atomic mass is 9.97. The highest BCUT2D eigenvalue weighted by atomic mass is 16.5. The lowest BCUT2D eigenvalue weighted by Crippen LogP contribution is -2.52. The van der Waals surface area contributed by atoms with Crippen molar-refractivity contribution in [1.29, 1.82) is 0 Å². The standard InChI is InChI=1S/C23H27N7O2/c1-14-25-11-15(12-26-14)17-4-5-18-21-22(17)32-9-3-7-24-23(31)19-10-16(6-8-30(19)2)28-20(29-21)13-27-18/h4-5,11-13,16,19H,3,6-10H2,1-2H3,(H,24,31)(H,28,29)/t16-,19-/m0/s1. The number of nitrogens with zero attached hydrogens (tertiary/aromatic N) is 5. The van der Waals surface area contributed by atoms with Crippen molar-refractivity contribution in [1.82, 2.24) is 30.2 Å². The minimum absolute atomic E-state index is 0.0653. The van der Waals surface area contributed by atoms with Crippen molar-refractivity contribution in [2.24, 2.45) is 0 Å². The predicted octanol–water partition coefficient (Wildman–Crippen LogP) is 2.17. The van der Waals surface area contributed by atoms with E-state index in [0.29, 0.717) is 42.5 Å². The molecule has 0 unspecified atom stereocenters. The van der Waals surface area contributed by atoms with E-state index in [9.17, 15) is 4.79 Å². The van der Waals surface area contributed by atoms with Crippen molar-refractivity contribution in [3.63, 3.8) is 0 Å². The van der Waals surface area contributed by atoms with Gasteiger partial charge >= 0.3 is 0 Å². The molecule has 2 aliphatic heterocycles. The van der Waals surface area contributed by atoms with Gasteiger partial charge in [0.1, 0.15) is 17.2 Å². The van der Waals surface area contributed by atoms with Crippen LogP contribution in [0.25, 0.3) is 22.2 Å². The van der Waals surface area contributed by atoms with Crippen molar-refractivity contribution >= 4 is 22.8 Å². The first-order valence-electron chi connectivity index (χ1n) is 11.0. The van der Waals surface area contributed by atoms with Crippen molar-refractivity contribution in [3.8, 4) is 16.9 Å². The summed E-state index contributed by atoms with van der Waals surface area (Å²) in [5, 5.41) is 6.57. The van der Waals surface area contributed by atoms with E-state index in [0.717, 1.165) is 36.0 Å². The molecule has 2 aromatic heterocycles. The topological polar surface area (TPSA) is 105 Å². The van der Waals surface area contributed by atoms with E-state index in [1.165, 1.54) is 0 Å². The molecule has 0 saturated carbocycles. The number of carbonyl (C=O) groups is 1. The van der Waals surface area contributed by atoms with Crippen LogP contribution in [-0.4, -0.2) is 69.6 Å². The SMILES string of the molecule is Cc1ncc(-c2ccc3ncc4nc3c2OCCCNC(=O)[C@@H]2C[C@H](CCN2C)N4)cn1. The number of hydrogen-bond donors (Lipinski definition) is 2. The fourth-order valence-corrected chi connectivity index (χ4v) is 4.33. The normalized spacial score (nSPS) is 22.0. The molecule has 0 radical (unpaired) electrons. The summed E-state index contributed by atoms with van der Waals surface area (Å²) in [5.74, 6) is 2.13. The smallest absolute Gasteiger partial charge is 0.237 e. The van der Waals surface area contributed by atoms with Gasteiger partial charge in [0, 0.05) is 42.7 Å². The monoisotopic (exact) mass is 433 g/mol. The van der Waals surface area contributed by atoms with Gasteiger partial charge in [-0.25, -0.2) is 15.0 Å². The number of fused-ring (bicyclic) bond motifs is 3. The first kappa shape index (κ1) is 20.6. The second-order valence-electron chi connectivity index (χ2n) is 8.44. The fourth-order valence-electron chi connectivity index (χ4n) is 4.33. The molecule has 4 heterocycles. The average Bonchev–Trinajstić information content (AvgIpc) is 2.80. The summed E-state index contributed by atoms with van der Waals surface area (Å²) >= 11 is 0. The van der Waals surface area contributed by atoms with Crippen LogP contribution in [0.4, 0.5) is 5.82 Å². The predicted molar refractivity (Wildman–Crippen MR) is 121 cm³/mol. The highest BCUT2D eigenvalue weighted by molar-refractivity contribution is 5.90. The van der Waals surface area contributed by atoms with Gasteiger partial charge in [-0.3, -0.25) is 14.7 Å². The second-order valence-corrected chi connectivity index (χ2v) is 8.44. The van der Waals surface area contributed by atoms with Crippen LogP contribution in [0.1, 0.15) is 25.1 Å². The first-order valence-corrected chi connectivity index (χ1v) is 11.0. The third-order valence-electron chi connectivity index (χ3n) is 6.15. The van der Waals surface area contributed by atoms with Crippen molar-refractivity contribution in [2.45, 2.75) is 38.3 Å². The summed E-state index contributed by atoms with van der Waals surface area (Å²) in [4.78, 5) is 33.0. The van der Waals surface area contributed by atoms with Gasteiger partial charge in [0.25, 0.3) is 0 Å². The number of hydrogen-bond acceptors (Lipinski definition) is 8. The number of carbonyl (C=O) groups excluding carboxylic acids is 1. The molecule has 32 heavy (non-hydrogen) atoms. The second kappa shape index (κ2) is 8.66. The number of amides is 1. The van der Waals surface area contributed by atoms with E-state index >= 15 is 0 Å². The summed E-state index contributed by atoms with van der Waals surface area (Å²) in [6.07, 6.45) is 7.69. The first-order chi connectivity index (χ1) is 15.6. The summed E-state index contributed by atoms with van der Waals surface area (Å²) in [7, 11) is 2.01. The van der Waals surface area contributed by atoms with Gasteiger partial charge in [-0.1, -0.05) is 0 Å². The van der Waals surface area contributed by atoms with E-state index < -0.39 is 0 Å². The molecule has 1 saturated heterocycles. The molecule has 4 bridgehead atoms. The Morgan fingerprint density at radius 2 is 2.00 bits per heavy atom. The van der Waals surface area contributed by atoms with E-state index in [1.54, 1.807) is 18.6 Å². The van der Waals surface area contributed by atoms with Crippen LogP contribution >= 0.6 is 0 Å². The fraction of sp³-hybridized carbons (Fsp3) is 0.435. The van der Waals surface area contributed by atoms with Crippen LogP contribution in [0.5, 0.6) is 5.75 Å². The summed E-state index contributed by atoms with van der Waals surface area (Å²) in [5.41, 5.74) is 3.21. The van der Waals surface area contributed by atoms with Gasteiger partial charge < -0.3 is 15.4 Å². The highest BCUT2D eigenvalue weighted by Gasteiger charge is 2.31. The van der Waals surface area contributed by atoms with Crippen LogP contribution in [0, 0.1) is 6.92 Å². The average molecular weight is 434 g/mol. The Morgan fingerprint density at radius 3 is 2.84 bits per heavy atom. The maximum atomic E-state index is 12.7. The number of nitrogens with one attached hydrogen (secondary N) is 2. The number of likely N-dealkylation sites (tertiary alicyclic amines) is 1. The maximum Gasteiger partial charge on any atom is 0.237 e. The van der Waals surface area contributed by atoms with Crippen molar-refractivity contribution in [2.75, 3.05) is 32.1 Å². The van der Waals surface area contributed by atoms with Gasteiger partial charge in [0.2, 0.25) is 5.91 Å². The van der Waals surface area contributed by atoms with Gasteiger partial charge in [0.15, 0.2) is 5.75 Å². The molecule has 9 heteroatoms. The van der Waals surface area contributed by atoms with Crippen LogP contribution in [-0.2, 0) is 4.79 Å². The molecule has 1 fully saturated rings. The lowest BCUT2D eigenvalue weighted by molar-refractivity contribution is -0.127. The minimum atomic E-state index is -0.151. The minimum Gasteiger partial charge on any atom is -0.491 e. The molecule has 2 atom stereocenters. The third-order valence-corrected chi connectivity index (χ3v) is 6.15. The number of likely N-dealkylation sites (N-methyl/N-ethyl adjacent to an activating group) is 1. The molecule has 2 aliphatic rings. The molecule has 2 N–H and O–H groups in total. The molecule has 166 valence electrons. The Morgan fingerprint density at radius 1 is 1.16 bits per heavy atom. The number of ether oxygens (including phenoxy) is 1. The van der Waals surface area contributed by atoms with E-state index in [1.807, 2.05) is 26.1 Å². The Bertz CT molecular complexity index is 1140. The quantitative estimate of drug-likeness (QED) is 0.602. The number of aryl methyl sites for hydroxylation is 1. The summed E-state index contributed by atoms with van der Waals surface area (Å²) < 4.78 is 6.24. The van der Waals surface area contributed by atoms with E-state index in [2.05, 4.69) is 30.5 Å². The number of anilines is 1. The molecule has 0 aliphatic carbocycles. The van der Waals surface area contributed by atoms with Crippen molar-refractivity contribution < 1.29 is 9.53 Å². The Balaban J connectivity index is 1.57.